The Morgan fingerprint density at radius 2 is 1.87 bits per heavy atom. The highest BCUT2D eigenvalue weighted by Gasteiger charge is 2.23. The van der Waals surface area contributed by atoms with E-state index in [1.54, 1.807) is 7.11 Å². The van der Waals surface area contributed by atoms with Gasteiger partial charge in [0.1, 0.15) is 0 Å². The molecule has 30 heavy (non-hydrogen) atoms. The van der Waals surface area contributed by atoms with Crippen molar-refractivity contribution < 1.29 is 9.47 Å². The average Bonchev–Trinajstić information content (AvgIpc) is 3.27. The molecule has 2 aliphatic rings. The molecule has 4 rings (SSSR count). The molecule has 5 heteroatoms. The number of ether oxygens (including phenoxy) is 2. The van der Waals surface area contributed by atoms with Gasteiger partial charge in [-0.2, -0.15) is 0 Å². The molecule has 2 aromatic rings. The van der Waals surface area contributed by atoms with Gasteiger partial charge in [-0.25, -0.2) is 0 Å². The van der Waals surface area contributed by atoms with Crippen LogP contribution in [0.1, 0.15) is 31.2 Å². The van der Waals surface area contributed by atoms with Gasteiger partial charge in [-0.05, 0) is 50.4 Å². The SMILES string of the molecule is COc1ccc(N2CCNC(CN(C)Cc3ccccc3)C2)cc1OC1CCCC1. The van der Waals surface area contributed by atoms with E-state index >= 15 is 0 Å². The molecule has 1 saturated heterocycles. The van der Waals surface area contributed by atoms with Gasteiger partial charge in [0, 0.05) is 50.5 Å². The van der Waals surface area contributed by atoms with Crippen LogP contribution < -0.4 is 19.7 Å². The van der Waals surface area contributed by atoms with Crippen LogP contribution in [0.5, 0.6) is 11.5 Å². The van der Waals surface area contributed by atoms with Crippen LogP contribution in [0.2, 0.25) is 0 Å². The Hall–Kier alpha value is -2.24. The van der Waals surface area contributed by atoms with E-state index < -0.39 is 0 Å². The Kier molecular flexibility index (Phi) is 7.13. The molecule has 1 heterocycles. The van der Waals surface area contributed by atoms with Crippen LogP contribution in [-0.4, -0.2) is 57.4 Å². The zero-order valence-electron chi connectivity index (χ0n) is 18.3. The first-order valence-corrected chi connectivity index (χ1v) is 11.3. The molecular formula is C25H35N3O2. The van der Waals surface area contributed by atoms with E-state index in [1.165, 1.54) is 24.1 Å². The van der Waals surface area contributed by atoms with Crippen molar-refractivity contribution in [2.75, 3.05) is 45.2 Å². The number of nitrogens with zero attached hydrogens (tertiary/aromatic N) is 2. The van der Waals surface area contributed by atoms with Crippen molar-refractivity contribution in [3.63, 3.8) is 0 Å². The zero-order chi connectivity index (χ0) is 20.8. The normalized spacial score (nSPS) is 20.0. The highest BCUT2D eigenvalue weighted by Crippen LogP contribution is 2.35. The predicted molar refractivity (Wildman–Crippen MR) is 123 cm³/mol. The number of hydrogen-bond donors (Lipinski definition) is 1. The standard InChI is InChI=1S/C25H35N3O2/c1-27(17-20-8-4-3-5-9-20)18-21-19-28(15-14-26-21)22-12-13-24(29-2)25(16-22)30-23-10-6-7-11-23/h3-5,8-9,12-13,16,21,23,26H,6-7,10-11,14-15,17-19H2,1-2H3. The summed E-state index contributed by atoms with van der Waals surface area (Å²) in [6, 6.07) is 17.5. The first-order valence-electron chi connectivity index (χ1n) is 11.3. The topological polar surface area (TPSA) is 37.0 Å². The summed E-state index contributed by atoms with van der Waals surface area (Å²) in [5, 5.41) is 3.69. The fraction of sp³-hybridized carbons (Fsp3) is 0.520. The minimum atomic E-state index is 0.330. The molecule has 162 valence electrons. The van der Waals surface area contributed by atoms with Crippen LogP contribution >= 0.6 is 0 Å². The van der Waals surface area contributed by atoms with Crippen LogP contribution in [0.4, 0.5) is 5.69 Å². The van der Waals surface area contributed by atoms with Gasteiger partial charge in [-0.3, -0.25) is 0 Å². The quantitative estimate of drug-likeness (QED) is 0.715. The summed E-state index contributed by atoms with van der Waals surface area (Å²) in [7, 11) is 3.93. The molecule has 0 aromatic heterocycles. The summed E-state index contributed by atoms with van der Waals surface area (Å²) in [5.74, 6) is 1.72. The van der Waals surface area contributed by atoms with E-state index in [-0.39, 0.29) is 0 Å². The lowest BCUT2D eigenvalue weighted by Gasteiger charge is -2.37. The van der Waals surface area contributed by atoms with Crippen molar-refractivity contribution in [3.05, 3.63) is 54.1 Å². The van der Waals surface area contributed by atoms with E-state index in [4.69, 9.17) is 9.47 Å². The van der Waals surface area contributed by atoms with Gasteiger partial charge in [0.25, 0.3) is 0 Å². The molecule has 0 radical (unpaired) electrons. The van der Waals surface area contributed by atoms with Gasteiger partial charge < -0.3 is 24.6 Å². The van der Waals surface area contributed by atoms with E-state index in [1.807, 2.05) is 0 Å². The Morgan fingerprint density at radius 3 is 2.63 bits per heavy atom. The summed E-state index contributed by atoms with van der Waals surface area (Å²) in [6.45, 7) is 4.99. The number of nitrogens with one attached hydrogen (secondary N) is 1. The molecule has 2 fully saturated rings. The molecule has 1 N–H and O–H groups in total. The van der Waals surface area contributed by atoms with Crippen LogP contribution in [-0.2, 0) is 6.54 Å². The monoisotopic (exact) mass is 409 g/mol. The van der Waals surface area contributed by atoms with Gasteiger partial charge >= 0.3 is 0 Å². The van der Waals surface area contributed by atoms with Gasteiger partial charge in [-0.1, -0.05) is 30.3 Å². The maximum Gasteiger partial charge on any atom is 0.163 e. The van der Waals surface area contributed by atoms with E-state index in [2.05, 4.69) is 70.7 Å². The third-order valence-electron chi connectivity index (χ3n) is 6.19. The summed E-state index contributed by atoms with van der Waals surface area (Å²) >= 11 is 0. The lowest BCUT2D eigenvalue weighted by atomic mass is 10.1. The molecule has 1 unspecified atom stereocenters. The molecule has 0 amide bonds. The number of anilines is 1. The number of benzene rings is 2. The van der Waals surface area contributed by atoms with Gasteiger partial charge in [-0.15, -0.1) is 0 Å². The maximum atomic E-state index is 6.31. The van der Waals surface area contributed by atoms with E-state index in [0.29, 0.717) is 12.1 Å². The fourth-order valence-electron chi connectivity index (χ4n) is 4.66. The van der Waals surface area contributed by atoms with Crippen LogP contribution in [0.25, 0.3) is 0 Å². The number of piperazine rings is 1. The molecule has 0 spiro atoms. The highest BCUT2D eigenvalue weighted by atomic mass is 16.5. The van der Waals surface area contributed by atoms with Gasteiger partial charge in [0.2, 0.25) is 0 Å². The first kappa shape index (κ1) is 21.0. The average molecular weight is 410 g/mol. The molecule has 1 saturated carbocycles. The molecule has 1 aliphatic carbocycles. The van der Waals surface area contributed by atoms with E-state index in [0.717, 1.165) is 57.1 Å². The summed E-state index contributed by atoms with van der Waals surface area (Å²) in [5.41, 5.74) is 2.58. The van der Waals surface area contributed by atoms with Crippen LogP contribution in [0, 0.1) is 0 Å². The van der Waals surface area contributed by atoms with Crippen LogP contribution in [0.15, 0.2) is 48.5 Å². The largest absolute Gasteiger partial charge is 0.493 e. The van der Waals surface area contributed by atoms with Crippen molar-refractivity contribution in [3.8, 4) is 11.5 Å². The minimum absolute atomic E-state index is 0.330. The van der Waals surface area contributed by atoms with Crippen molar-refractivity contribution in [2.24, 2.45) is 0 Å². The smallest absolute Gasteiger partial charge is 0.163 e. The molecule has 1 atom stereocenters. The summed E-state index contributed by atoms with van der Waals surface area (Å²) in [4.78, 5) is 4.87. The fourth-order valence-corrected chi connectivity index (χ4v) is 4.66. The summed E-state index contributed by atoms with van der Waals surface area (Å²) in [6.07, 6.45) is 5.16. The number of hydrogen-bond acceptors (Lipinski definition) is 5. The summed E-state index contributed by atoms with van der Waals surface area (Å²) < 4.78 is 11.9. The van der Waals surface area contributed by atoms with Gasteiger partial charge in [0.15, 0.2) is 11.5 Å². The van der Waals surface area contributed by atoms with Crippen molar-refractivity contribution >= 4 is 5.69 Å². The second-order valence-electron chi connectivity index (χ2n) is 8.64. The van der Waals surface area contributed by atoms with Crippen molar-refractivity contribution in [1.29, 1.82) is 0 Å². The molecule has 5 nitrogen and oxygen atoms in total. The second-order valence-corrected chi connectivity index (χ2v) is 8.64. The van der Waals surface area contributed by atoms with E-state index in [9.17, 15) is 0 Å². The lowest BCUT2D eigenvalue weighted by Crippen LogP contribution is -2.54. The molecule has 1 aliphatic heterocycles. The Bertz CT molecular complexity index is 792. The molecular weight excluding hydrogens is 374 g/mol. The lowest BCUT2D eigenvalue weighted by molar-refractivity contribution is 0.201. The first-order chi connectivity index (χ1) is 14.7. The minimum Gasteiger partial charge on any atom is -0.493 e. The third-order valence-corrected chi connectivity index (χ3v) is 6.19. The number of likely N-dealkylation sites (N-methyl/N-ethyl adjacent to an activating group) is 1. The number of methoxy groups -OCH3 is 1. The molecule has 2 aromatic carbocycles. The Labute approximate surface area is 181 Å². The van der Waals surface area contributed by atoms with Crippen molar-refractivity contribution in [1.82, 2.24) is 10.2 Å². The van der Waals surface area contributed by atoms with Crippen LogP contribution in [0.3, 0.4) is 0 Å². The highest BCUT2D eigenvalue weighted by molar-refractivity contribution is 5.57. The molecule has 0 bridgehead atoms. The van der Waals surface area contributed by atoms with Crippen molar-refractivity contribution in [2.45, 2.75) is 44.4 Å². The Balaban J connectivity index is 1.38. The number of rotatable bonds is 8. The second kappa shape index (κ2) is 10.2. The predicted octanol–water partition coefficient (Wildman–Crippen LogP) is 3.93. The maximum absolute atomic E-state index is 6.31. The Morgan fingerprint density at radius 1 is 1.07 bits per heavy atom. The van der Waals surface area contributed by atoms with Gasteiger partial charge in [0.05, 0.1) is 13.2 Å². The third kappa shape index (κ3) is 5.46. The zero-order valence-corrected chi connectivity index (χ0v) is 18.3.